The third-order valence-corrected chi connectivity index (χ3v) is 3.98. The normalized spacial score (nSPS) is 11.4. The third-order valence-electron chi connectivity index (χ3n) is 3.98. The molecule has 0 unspecified atom stereocenters. The minimum atomic E-state index is -1.06. The number of carbonyl (C=O) groups is 2. The van der Waals surface area contributed by atoms with Crippen molar-refractivity contribution in [1.82, 2.24) is 0 Å². The number of hydrogen-bond acceptors (Lipinski definition) is 6. The van der Waals surface area contributed by atoms with Gasteiger partial charge in [-0.3, -0.25) is 14.9 Å². The van der Waals surface area contributed by atoms with Gasteiger partial charge in [0.1, 0.15) is 5.69 Å². The van der Waals surface area contributed by atoms with E-state index in [1.807, 2.05) is 19.1 Å². The van der Waals surface area contributed by atoms with Crippen LogP contribution in [0.15, 0.2) is 42.5 Å². The van der Waals surface area contributed by atoms with Gasteiger partial charge < -0.3 is 15.4 Å². The predicted molar refractivity (Wildman–Crippen MR) is 102 cm³/mol. The van der Waals surface area contributed by atoms with E-state index < -0.39 is 22.9 Å². The van der Waals surface area contributed by atoms with Crippen LogP contribution in [-0.2, 0) is 16.0 Å². The van der Waals surface area contributed by atoms with Crippen molar-refractivity contribution in [2.24, 2.45) is 0 Å². The number of nitro groups is 1. The molecule has 0 bridgehead atoms. The van der Waals surface area contributed by atoms with Gasteiger partial charge in [-0.15, -0.1) is 0 Å². The Kier molecular flexibility index (Phi) is 6.48. The molecule has 2 rings (SSSR count). The Morgan fingerprint density at radius 3 is 2.41 bits per heavy atom. The van der Waals surface area contributed by atoms with Crippen molar-refractivity contribution in [3.05, 3.63) is 63.7 Å². The summed E-state index contributed by atoms with van der Waals surface area (Å²) < 4.78 is 5.13. The van der Waals surface area contributed by atoms with Crippen LogP contribution in [0.25, 0.3) is 0 Å². The fraction of sp³-hybridized carbons (Fsp3) is 0.263. The Bertz CT molecular complexity index is 849. The SMILES string of the molecule is CCc1ccc(NC(=O)[C@@H](C)OC(=O)c2ccc(NC)c([N+](=O)[O-])c2)cc1. The molecule has 0 saturated heterocycles. The van der Waals surface area contributed by atoms with Crippen molar-refractivity contribution >= 4 is 28.9 Å². The fourth-order valence-corrected chi connectivity index (χ4v) is 2.37. The first-order chi connectivity index (χ1) is 12.8. The predicted octanol–water partition coefficient (Wildman–Crippen LogP) is 3.38. The maximum Gasteiger partial charge on any atom is 0.339 e. The molecule has 2 aromatic rings. The Balaban J connectivity index is 2.04. The lowest BCUT2D eigenvalue weighted by Crippen LogP contribution is -2.30. The molecule has 8 nitrogen and oxygen atoms in total. The van der Waals surface area contributed by atoms with E-state index in [0.29, 0.717) is 5.69 Å². The van der Waals surface area contributed by atoms with E-state index in [0.717, 1.165) is 18.1 Å². The number of amides is 1. The highest BCUT2D eigenvalue weighted by atomic mass is 16.6. The number of nitro benzene ring substituents is 1. The number of anilines is 2. The zero-order chi connectivity index (χ0) is 20.0. The van der Waals surface area contributed by atoms with Gasteiger partial charge in [-0.2, -0.15) is 0 Å². The molecule has 8 heteroatoms. The summed E-state index contributed by atoms with van der Waals surface area (Å²) in [5, 5.41) is 16.4. The molecule has 142 valence electrons. The average molecular weight is 371 g/mol. The van der Waals surface area contributed by atoms with E-state index in [9.17, 15) is 19.7 Å². The first-order valence-corrected chi connectivity index (χ1v) is 8.42. The molecule has 1 amide bonds. The van der Waals surface area contributed by atoms with E-state index in [1.165, 1.54) is 19.1 Å². The lowest BCUT2D eigenvalue weighted by atomic mass is 10.1. The molecule has 0 saturated carbocycles. The maximum absolute atomic E-state index is 12.2. The molecule has 0 aliphatic heterocycles. The average Bonchev–Trinajstić information content (AvgIpc) is 2.67. The zero-order valence-corrected chi connectivity index (χ0v) is 15.3. The van der Waals surface area contributed by atoms with E-state index in [4.69, 9.17) is 4.74 Å². The van der Waals surface area contributed by atoms with Crippen LogP contribution >= 0.6 is 0 Å². The van der Waals surface area contributed by atoms with Crippen molar-refractivity contribution in [2.45, 2.75) is 26.4 Å². The Labute approximate surface area is 156 Å². The molecule has 0 aliphatic rings. The van der Waals surface area contributed by atoms with Gasteiger partial charge in [0, 0.05) is 18.8 Å². The first kappa shape index (κ1) is 19.9. The van der Waals surface area contributed by atoms with Crippen molar-refractivity contribution < 1.29 is 19.2 Å². The molecule has 0 aliphatic carbocycles. The number of nitrogens with one attached hydrogen (secondary N) is 2. The number of ether oxygens (including phenoxy) is 1. The van der Waals surface area contributed by atoms with Gasteiger partial charge in [0.15, 0.2) is 6.10 Å². The number of carbonyl (C=O) groups excluding carboxylic acids is 2. The van der Waals surface area contributed by atoms with Gasteiger partial charge in [0.05, 0.1) is 10.5 Å². The Morgan fingerprint density at radius 2 is 1.85 bits per heavy atom. The van der Waals surface area contributed by atoms with Crippen LogP contribution in [-0.4, -0.2) is 30.0 Å². The lowest BCUT2D eigenvalue weighted by molar-refractivity contribution is -0.384. The van der Waals surface area contributed by atoms with Crippen LogP contribution in [0, 0.1) is 10.1 Å². The van der Waals surface area contributed by atoms with Crippen LogP contribution in [0.3, 0.4) is 0 Å². The summed E-state index contributed by atoms with van der Waals surface area (Å²) in [4.78, 5) is 34.9. The van der Waals surface area contributed by atoms with Gasteiger partial charge in [-0.05, 0) is 43.2 Å². The lowest BCUT2D eigenvalue weighted by Gasteiger charge is -2.14. The van der Waals surface area contributed by atoms with Crippen molar-refractivity contribution in [2.75, 3.05) is 17.7 Å². The highest BCUT2D eigenvalue weighted by Gasteiger charge is 2.22. The van der Waals surface area contributed by atoms with E-state index in [2.05, 4.69) is 10.6 Å². The molecule has 0 radical (unpaired) electrons. The van der Waals surface area contributed by atoms with Gasteiger partial charge >= 0.3 is 5.97 Å². The van der Waals surface area contributed by atoms with E-state index >= 15 is 0 Å². The summed E-state index contributed by atoms with van der Waals surface area (Å²) in [6.45, 7) is 3.46. The standard InChI is InChI=1S/C19H21N3O5/c1-4-13-5-8-15(9-6-13)21-18(23)12(2)27-19(24)14-7-10-16(20-3)17(11-14)22(25)26/h5-12,20H,4H2,1-3H3,(H,21,23)/t12-/m1/s1. The maximum atomic E-state index is 12.2. The molecule has 2 aromatic carbocycles. The third kappa shape index (κ3) is 5.04. The van der Waals surface area contributed by atoms with Crippen LogP contribution in [0.2, 0.25) is 0 Å². The molecule has 0 spiro atoms. The Morgan fingerprint density at radius 1 is 1.19 bits per heavy atom. The van der Waals surface area contributed by atoms with Crippen molar-refractivity contribution in [3.8, 4) is 0 Å². The summed E-state index contributed by atoms with van der Waals surface area (Å²) >= 11 is 0. The number of benzene rings is 2. The number of esters is 1. The van der Waals surface area contributed by atoms with Gasteiger partial charge in [0.2, 0.25) is 0 Å². The fourth-order valence-electron chi connectivity index (χ4n) is 2.37. The molecular weight excluding hydrogens is 350 g/mol. The minimum Gasteiger partial charge on any atom is -0.449 e. The number of rotatable bonds is 7. The largest absolute Gasteiger partial charge is 0.449 e. The molecule has 27 heavy (non-hydrogen) atoms. The summed E-state index contributed by atoms with van der Waals surface area (Å²) in [6, 6.07) is 11.3. The second-order valence-corrected chi connectivity index (χ2v) is 5.83. The molecule has 0 aromatic heterocycles. The smallest absolute Gasteiger partial charge is 0.339 e. The van der Waals surface area contributed by atoms with Gasteiger partial charge in [0.25, 0.3) is 11.6 Å². The second kappa shape index (κ2) is 8.79. The topological polar surface area (TPSA) is 111 Å². The van der Waals surface area contributed by atoms with Gasteiger partial charge in [-0.25, -0.2) is 4.79 Å². The molecular formula is C19H21N3O5. The molecule has 0 heterocycles. The monoisotopic (exact) mass is 371 g/mol. The minimum absolute atomic E-state index is 0.00681. The van der Waals surface area contributed by atoms with Gasteiger partial charge in [-0.1, -0.05) is 19.1 Å². The van der Waals surface area contributed by atoms with Crippen molar-refractivity contribution in [1.29, 1.82) is 0 Å². The zero-order valence-electron chi connectivity index (χ0n) is 15.3. The number of hydrogen-bond donors (Lipinski definition) is 2. The number of aryl methyl sites for hydroxylation is 1. The summed E-state index contributed by atoms with van der Waals surface area (Å²) in [5.41, 5.74) is 1.75. The highest BCUT2D eigenvalue weighted by molar-refractivity contribution is 5.97. The second-order valence-electron chi connectivity index (χ2n) is 5.83. The summed E-state index contributed by atoms with van der Waals surface area (Å²) in [6.07, 6.45) is -0.174. The van der Waals surface area contributed by atoms with Crippen molar-refractivity contribution in [3.63, 3.8) is 0 Å². The quantitative estimate of drug-likeness (QED) is 0.438. The molecule has 0 fully saturated rings. The van der Waals surface area contributed by atoms with Crippen LogP contribution in [0.1, 0.15) is 29.8 Å². The highest BCUT2D eigenvalue weighted by Crippen LogP contribution is 2.25. The van der Waals surface area contributed by atoms with Crippen LogP contribution in [0.4, 0.5) is 17.1 Å². The molecule has 1 atom stereocenters. The first-order valence-electron chi connectivity index (χ1n) is 8.42. The summed E-state index contributed by atoms with van der Waals surface area (Å²) in [7, 11) is 1.54. The van der Waals surface area contributed by atoms with Crippen LogP contribution < -0.4 is 10.6 Å². The van der Waals surface area contributed by atoms with E-state index in [1.54, 1.807) is 19.2 Å². The summed E-state index contributed by atoms with van der Waals surface area (Å²) in [5.74, 6) is -1.31. The number of nitrogens with zero attached hydrogens (tertiary/aromatic N) is 1. The van der Waals surface area contributed by atoms with Crippen LogP contribution in [0.5, 0.6) is 0 Å². The Hall–Kier alpha value is -3.42. The van der Waals surface area contributed by atoms with E-state index in [-0.39, 0.29) is 16.9 Å². The molecule has 2 N–H and O–H groups in total.